The molecule has 1 nitrogen and oxygen atoms in total. The van der Waals surface area contributed by atoms with Crippen molar-refractivity contribution in [3.63, 3.8) is 0 Å². The highest BCUT2D eigenvalue weighted by Gasteiger charge is 2.39. The Morgan fingerprint density at radius 2 is 1.88 bits per heavy atom. The van der Waals surface area contributed by atoms with Crippen molar-refractivity contribution < 1.29 is 4.43 Å². The second-order valence-corrected chi connectivity index (χ2v) is 13.0. The van der Waals surface area contributed by atoms with E-state index in [1.165, 1.54) is 5.57 Å². The van der Waals surface area contributed by atoms with Gasteiger partial charge in [0.1, 0.15) is 6.10 Å². The van der Waals surface area contributed by atoms with Crippen LogP contribution in [0.15, 0.2) is 47.6 Å². The molecule has 0 aliphatic heterocycles. The Bertz CT molecular complexity index is 857. The van der Waals surface area contributed by atoms with Crippen LogP contribution in [0.3, 0.4) is 0 Å². The average Bonchev–Trinajstić information content (AvgIpc) is 2.98. The molecule has 3 rings (SSSR count). The number of hydrogen-bond donors (Lipinski definition) is 0. The molecule has 0 amide bonds. The van der Waals surface area contributed by atoms with Crippen LogP contribution in [0, 0.1) is 23.7 Å². The molecule has 0 fully saturated rings. The Kier molecular flexibility index (Phi) is 4.78. The van der Waals surface area contributed by atoms with E-state index in [1.54, 1.807) is 0 Å². The van der Waals surface area contributed by atoms with Gasteiger partial charge in [-0.05, 0) is 48.7 Å². The second kappa shape index (κ2) is 6.72. The molecule has 1 atom stereocenters. The quantitative estimate of drug-likeness (QED) is 0.488. The van der Waals surface area contributed by atoms with Crippen LogP contribution in [-0.2, 0) is 4.43 Å². The highest BCUT2D eigenvalue weighted by atomic mass is 28.4. The molecule has 0 radical (unpaired) electrons. The van der Waals surface area contributed by atoms with Crippen LogP contribution < -0.4 is 0 Å². The molecule has 128 valence electrons. The van der Waals surface area contributed by atoms with E-state index in [2.05, 4.69) is 75.8 Å². The molecular formula is C23H26OSi. The van der Waals surface area contributed by atoms with Gasteiger partial charge in [-0.1, -0.05) is 68.7 Å². The third-order valence-electron chi connectivity index (χ3n) is 5.36. The molecular weight excluding hydrogens is 320 g/mol. The van der Waals surface area contributed by atoms with Crippen molar-refractivity contribution in [1.82, 2.24) is 0 Å². The fraction of sp³-hybridized carbons (Fsp3) is 0.391. The highest BCUT2D eigenvalue weighted by Crippen LogP contribution is 2.40. The van der Waals surface area contributed by atoms with Crippen LogP contribution in [0.1, 0.15) is 50.8 Å². The lowest BCUT2D eigenvalue weighted by Gasteiger charge is -2.38. The molecule has 0 N–H and O–H groups in total. The molecule has 2 aliphatic rings. The van der Waals surface area contributed by atoms with Crippen LogP contribution >= 0.6 is 0 Å². The first-order valence-corrected chi connectivity index (χ1v) is 11.9. The van der Waals surface area contributed by atoms with Gasteiger partial charge in [-0.25, -0.2) is 0 Å². The van der Waals surface area contributed by atoms with E-state index >= 15 is 0 Å². The van der Waals surface area contributed by atoms with E-state index in [1.807, 2.05) is 18.2 Å². The number of benzene rings is 1. The van der Waals surface area contributed by atoms with Crippen molar-refractivity contribution in [3.05, 3.63) is 58.7 Å². The molecule has 1 unspecified atom stereocenters. The smallest absolute Gasteiger partial charge is 0.194 e. The fourth-order valence-corrected chi connectivity index (χ4v) is 3.87. The minimum atomic E-state index is -1.94. The topological polar surface area (TPSA) is 9.23 Å². The Labute approximate surface area is 153 Å². The fourth-order valence-electron chi connectivity index (χ4n) is 2.74. The minimum Gasteiger partial charge on any atom is -0.399 e. The summed E-state index contributed by atoms with van der Waals surface area (Å²) in [5.41, 5.74) is 4.50. The van der Waals surface area contributed by atoms with Crippen molar-refractivity contribution in [2.24, 2.45) is 0 Å². The predicted molar refractivity (Wildman–Crippen MR) is 108 cm³/mol. The Morgan fingerprint density at radius 1 is 1.12 bits per heavy atom. The van der Waals surface area contributed by atoms with E-state index in [4.69, 9.17) is 4.43 Å². The van der Waals surface area contributed by atoms with Gasteiger partial charge in [0.15, 0.2) is 8.32 Å². The predicted octanol–water partition coefficient (Wildman–Crippen LogP) is 5.76. The number of hydrogen-bond acceptors (Lipinski definition) is 1. The summed E-state index contributed by atoms with van der Waals surface area (Å²) in [5.74, 6) is 13.4. The van der Waals surface area contributed by atoms with Gasteiger partial charge in [-0.15, -0.1) is 0 Å². The Balaban J connectivity index is 2.08. The SMILES string of the molecule is CC(C)(C)[Si](C)(C)OC1C#C/C=C2/CCC=C2C#Cc2ccccc21. The molecule has 2 heteroatoms. The molecule has 0 aromatic heterocycles. The first kappa shape index (κ1) is 17.8. The zero-order valence-corrected chi connectivity index (χ0v) is 16.9. The molecule has 1 aromatic rings. The molecule has 0 saturated carbocycles. The molecule has 2 aliphatic carbocycles. The van der Waals surface area contributed by atoms with Gasteiger partial charge in [0, 0.05) is 16.7 Å². The third-order valence-corrected chi connectivity index (χ3v) is 9.80. The van der Waals surface area contributed by atoms with Crippen LogP contribution in [0.25, 0.3) is 0 Å². The summed E-state index contributed by atoms with van der Waals surface area (Å²) < 4.78 is 6.67. The summed E-state index contributed by atoms with van der Waals surface area (Å²) in [5, 5.41) is 0.143. The highest BCUT2D eigenvalue weighted by molar-refractivity contribution is 6.74. The van der Waals surface area contributed by atoms with Gasteiger partial charge >= 0.3 is 0 Å². The van der Waals surface area contributed by atoms with E-state index in [0.717, 1.165) is 29.5 Å². The lowest BCUT2D eigenvalue weighted by molar-refractivity contribution is 0.238. The van der Waals surface area contributed by atoms with Gasteiger partial charge in [0.05, 0.1) is 0 Å². The van der Waals surface area contributed by atoms with Gasteiger partial charge in [0.2, 0.25) is 0 Å². The van der Waals surface area contributed by atoms with Crippen molar-refractivity contribution in [2.45, 2.75) is 57.8 Å². The maximum atomic E-state index is 6.67. The first-order chi connectivity index (χ1) is 11.8. The molecule has 0 saturated heterocycles. The van der Waals surface area contributed by atoms with Gasteiger partial charge in [-0.3, -0.25) is 0 Å². The molecule has 25 heavy (non-hydrogen) atoms. The Hall–Kier alpha value is -2.00. The zero-order chi connectivity index (χ0) is 18.1. The summed E-state index contributed by atoms with van der Waals surface area (Å²) in [6.45, 7) is 11.3. The normalized spacial score (nSPS) is 21.4. The average molecular weight is 347 g/mol. The summed E-state index contributed by atoms with van der Waals surface area (Å²) in [6.07, 6.45) is 6.12. The second-order valence-electron chi connectivity index (χ2n) is 8.21. The summed E-state index contributed by atoms with van der Waals surface area (Å²) in [6, 6.07) is 8.26. The molecule has 1 aromatic carbocycles. The van der Waals surface area contributed by atoms with Crippen LogP contribution in [-0.4, -0.2) is 8.32 Å². The summed E-state index contributed by atoms with van der Waals surface area (Å²) in [7, 11) is -1.94. The largest absolute Gasteiger partial charge is 0.399 e. The number of allylic oxidation sites excluding steroid dienone is 4. The summed E-state index contributed by atoms with van der Waals surface area (Å²) >= 11 is 0. The number of rotatable bonds is 2. The van der Waals surface area contributed by atoms with Crippen LogP contribution in [0.2, 0.25) is 18.1 Å². The molecule has 0 heterocycles. The van der Waals surface area contributed by atoms with E-state index in [9.17, 15) is 0 Å². The standard InChI is InChI=1S/C23H26OSi/c1-23(2,3)25(4,5)24-22-15-9-13-18-11-8-12-19(18)16-17-20-10-6-7-14-21(20)22/h6-7,10,12-14,22H,8,11H2,1-5H3/b18-13-. The van der Waals surface area contributed by atoms with E-state index < -0.39 is 8.32 Å². The zero-order valence-electron chi connectivity index (χ0n) is 15.9. The van der Waals surface area contributed by atoms with Gasteiger partial charge in [0.25, 0.3) is 0 Å². The maximum absolute atomic E-state index is 6.67. The van der Waals surface area contributed by atoms with E-state index in [-0.39, 0.29) is 11.1 Å². The first-order valence-electron chi connectivity index (χ1n) is 8.97. The van der Waals surface area contributed by atoms with Crippen molar-refractivity contribution in [3.8, 4) is 23.7 Å². The molecule has 0 spiro atoms. The van der Waals surface area contributed by atoms with Crippen molar-refractivity contribution >= 4 is 8.32 Å². The molecule has 0 bridgehead atoms. The monoisotopic (exact) mass is 346 g/mol. The third kappa shape index (κ3) is 3.82. The minimum absolute atomic E-state index is 0.143. The van der Waals surface area contributed by atoms with Crippen LogP contribution in [0.4, 0.5) is 0 Å². The lowest BCUT2D eigenvalue weighted by atomic mass is 10.0. The van der Waals surface area contributed by atoms with Crippen molar-refractivity contribution in [2.75, 3.05) is 0 Å². The van der Waals surface area contributed by atoms with E-state index in [0.29, 0.717) is 0 Å². The number of fused-ring (bicyclic) bond motifs is 2. The lowest BCUT2D eigenvalue weighted by Crippen LogP contribution is -2.41. The Morgan fingerprint density at radius 3 is 2.64 bits per heavy atom. The van der Waals surface area contributed by atoms with Crippen molar-refractivity contribution in [1.29, 1.82) is 0 Å². The van der Waals surface area contributed by atoms with Gasteiger partial charge < -0.3 is 4.43 Å². The van der Waals surface area contributed by atoms with Crippen LogP contribution in [0.5, 0.6) is 0 Å². The van der Waals surface area contributed by atoms with Gasteiger partial charge in [-0.2, -0.15) is 0 Å². The summed E-state index contributed by atoms with van der Waals surface area (Å²) in [4.78, 5) is 0. The maximum Gasteiger partial charge on any atom is 0.194 e.